The van der Waals surface area contributed by atoms with Gasteiger partial charge in [0.1, 0.15) is 12.4 Å². The van der Waals surface area contributed by atoms with Gasteiger partial charge in [-0.25, -0.2) is 12.7 Å². The van der Waals surface area contributed by atoms with E-state index >= 15 is 0 Å². The zero-order valence-corrected chi connectivity index (χ0v) is 19.5. The number of ether oxygens (including phenoxy) is 1. The van der Waals surface area contributed by atoms with Crippen LogP contribution in [0.15, 0.2) is 41.3 Å². The van der Waals surface area contributed by atoms with Gasteiger partial charge in [0.05, 0.1) is 17.0 Å². The summed E-state index contributed by atoms with van der Waals surface area (Å²) >= 11 is 0. The summed E-state index contributed by atoms with van der Waals surface area (Å²) in [7, 11) is -0.673. The number of nitrogens with zero attached hydrogens (tertiary/aromatic N) is 2. The summed E-state index contributed by atoms with van der Waals surface area (Å²) in [5, 5.41) is 2.87. The topological polar surface area (TPSA) is 78.9 Å². The van der Waals surface area contributed by atoms with Gasteiger partial charge in [-0.3, -0.25) is 4.79 Å². The predicted octanol–water partition coefficient (Wildman–Crippen LogP) is 2.96. The van der Waals surface area contributed by atoms with Crippen molar-refractivity contribution in [3.63, 3.8) is 0 Å². The van der Waals surface area contributed by atoms with Crippen LogP contribution in [0.2, 0.25) is 0 Å². The first-order valence-corrected chi connectivity index (χ1v) is 11.9. The molecule has 0 radical (unpaired) electrons. The number of rotatable bonds is 8. The highest BCUT2D eigenvalue weighted by atomic mass is 32.2. The maximum atomic E-state index is 13.0. The Balaban J connectivity index is 1.74. The molecule has 168 valence electrons. The summed E-state index contributed by atoms with van der Waals surface area (Å²) in [4.78, 5) is 15.2. The van der Waals surface area contributed by atoms with Gasteiger partial charge in [0.25, 0.3) is 5.91 Å². The number of hydrogen-bond acceptors (Lipinski definition) is 5. The molecular weight excluding hydrogens is 414 g/mol. The monoisotopic (exact) mass is 445 g/mol. The van der Waals surface area contributed by atoms with Crippen LogP contribution in [0.5, 0.6) is 5.75 Å². The van der Waals surface area contributed by atoms with Crippen LogP contribution in [0, 0.1) is 13.8 Å². The van der Waals surface area contributed by atoms with Gasteiger partial charge in [-0.1, -0.05) is 6.07 Å². The lowest BCUT2D eigenvalue weighted by Gasteiger charge is -2.22. The number of carbonyl (C=O) groups is 1. The third-order valence-electron chi connectivity index (χ3n) is 5.29. The smallest absolute Gasteiger partial charge is 0.253 e. The molecule has 1 fully saturated rings. The van der Waals surface area contributed by atoms with Crippen LogP contribution in [0.25, 0.3) is 0 Å². The molecule has 0 atom stereocenters. The molecule has 2 aromatic rings. The summed E-state index contributed by atoms with van der Waals surface area (Å²) in [6.45, 7) is 6.37. The molecule has 3 rings (SSSR count). The van der Waals surface area contributed by atoms with Crippen LogP contribution in [-0.4, -0.2) is 59.0 Å². The van der Waals surface area contributed by atoms with E-state index in [9.17, 15) is 13.2 Å². The minimum absolute atomic E-state index is 0.108. The van der Waals surface area contributed by atoms with Gasteiger partial charge < -0.3 is 15.0 Å². The lowest BCUT2D eigenvalue weighted by molar-refractivity contribution is 0.0947. The second kappa shape index (κ2) is 9.70. The summed E-state index contributed by atoms with van der Waals surface area (Å²) < 4.78 is 32.1. The number of anilines is 1. The Labute approximate surface area is 185 Å². The number of benzene rings is 2. The van der Waals surface area contributed by atoms with Crippen molar-refractivity contribution in [1.29, 1.82) is 0 Å². The van der Waals surface area contributed by atoms with E-state index in [2.05, 4.69) is 16.3 Å². The highest BCUT2D eigenvalue weighted by Gasteiger charge is 2.24. The number of nitrogens with one attached hydrogen (secondary N) is 1. The molecule has 0 saturated carbocycles. The SMILES string of the molecule is Cc1cc(C)cc(OCCNC(=O)c2cc(S(=O)(=O)N(C)C)ccc2N2CCCC2)c1. The Morgan fingerprint density at radius 2 is 1.71 bits per heavy atom. The molecule has 1 heterocycles. The van der Waals surface area contributed by atoms with Crippen LogP contribution in [0.4, 0.5) is 5.69 Å². The summed E-state index contributed by atoms with van der Waals surface area (Å²) in [6, 6.07) is 10.8. The van der Waals surface area contributed by atoms with Crippen LogP contribution >= 0.6 is 0 Å². The standard InChI is InChI=1S/C23H31N3O4S/c1-17-13-18(2)15-19(14-17)30-12-9-24-23(27)21-16-20(31(28,29)25(3)4)7-8-22(21)26-10-5-6-11-26/h7-8,13-16H,5-6,9-12H2,1-4H3,(H,24,27). The fraction of sp³-hybridized carbons (Fsp3) is 0.435. The first-order chi connectivity index (χ1) is 14.7. The molecule has 1 amide bonds. The summed E-state index contributed by atoms with van der Waals surface area (Å²) in [5.74, 6) is 0.463. The van der Waals surface area contributed by atoms with E-state index in [0.717, 1.165) is 52.8 Å². The van der Waals surface area contributed by atoms with Crippen LogP contribution in [-0.2, 0) is 10.0 Å². The second-order valence-electron chi connectivity index (χ2n) is 8.09. The highest BCUT2D eigenvalue weighted by Crippen LogP contribution is 2.28. The second-order valence-corrected chi connectivity index (χ2v) is 10.2. The highest BCUT2D eigenvalue weighted by molar-refractivity contribution is 7.89. The molecule has 1 aliphatic heterocycles. The largest absolute Gasteiger partial charge is 0.492 e. The molecule has 1 saturated heterocycles. The Morgan fingerprint density at radius 1 is 1.06 bits per heavy atom. The maximum absolute atomic E-state index is 13.0. The van der Waals surface area contributed by atoms with Gasteiger partial charge in [-0.15, -0.1) is 0 Å². The molecule has 0 bridgehead atoms. The van der Waals surface area contributed by atoms with E-state index in [1.165, 1.54) is 20.2 Å². The summed E-state index contributed by atoms with van der Waals surface area (Å²) in [5.41, 5.74) is 3.38. The van der Waals surface area contributed by atoms with Crippen molar-refractivity contribution in [2.45, 2.75) is 31.6 Å². The van der Waals surface area contributed by atoms with Gasteiger partial charge in [0, 0.05) is 32.9 Å². The van der Waals surface area contributed by atoms with E-state index < -0.39 is 10.0 Å². The van der Waals surface area contributed by atoms with Crippen LogP contribution < -0.4 is 15.0 Å². The van der Waals surface area contributed by atoms with Crippen molar-refractivity contribution in [1.82, 2.24) is 9.62 Å². The van der Waals surface area contributed by atoms with E-state index in [1.54, 1.807) is 12.1 Å². The average Bonchev–Trinajstić information content (AvgIpc) is 3.24. The lowest BCUT2D eigenvalue weighted by atomic mass is 10.1. The van der Waals surface area contributed by atoms with Gasteiger partial charge in [0.15, 0.2) is 0 Å². The Hall–Kier alpha value is -2.58. The molecule has 0 aromatic heterocycles. The van der Waals surface area contributed by atoms with E-state index in [0.29, 0.717) is 18.7 Å². The van der Waals surface area contributed by atoms with Gasteiger partial charge in [-0.05, 0) is 68.1 Å². The van der Waals surface area contributed by atoms with Crippen molar-refractivity contribution < 1.29 is 17.9 Å². The lowest BCUT2D eigenvalue weighted by Crippen LogP contribution is -2.31. The molecule has 0 aliphatic carbocycles. The molecule has 0 spiro atoms. The van der Waals surface area contributed by atoms with E-state index in [4.69, 9.17) is 4.74 Å². The average molecular weight is 446 g/mol. The first-order valence-electron chi connectivity index (χ1n) is 10.5. The van der Waals surface area contributed by atoms with Crippen molar-refractivity contribution in [3.8, 4) is 5.75 Å². The number of sulfonamides is 1. The Bertz CT molecular complexity index is 1020. The number of hydrogen-bond donors (Lipinski definition) is 1. The van der Waals surface area contributed by atoms with Gasteiger partial charge in [-0.2, -0.15) is 0 Å². The molecule has 0 unspecified atom stereocenters. The third kappa shape index (κ3) is 5.57. The Morgan fingerprint density at radius 3 is 2.32 bits per heavy atom. The number of aryl methyl sites for hydroxylation is 2. The quantitative estimate of drug-likeness (QED) is 0.632. The summed E-state index contributed by atoms with van der Waals surface area (Å²) in [6.07, 6.45) is 2.12. The Kier molecular flexibility index (Phi) is 7.23. The zero-order valence-electron chi connectivity index (χ0n) is 18.6. The molecule has 2 aromatic carbocycles. The fourth-order valence-electron chi connectivity index (χ4n) is 3.75. The predicted molar refractivity (Wildman–Crippen MR) is 123 cm³/mol. The normalized spacial score (nSPS) is 14.2. The maximum Gasteiger partial charge on any atom is 0.253 e. The van der Waals surface area contributed by atoms with E-state index in [-0.39, 0.29) is 10.8 Å². The molecular formula is C23H31N3O4S. The number of carbonyl (C=O) groups excluding carboxylic acids is 1. The first kappa shape index (κ1) is 23.1. The van der Waals surface area contributed by atoms with Crippen molar-refractivity contribution >= 4 is 21.6 Å². The third-order valence-corrected chi connectivity index (χ3v) is 7.10. The molecule has 8 heteroatoms. The molecule has 31 heavy (non-hydrogen) atoms. The molecule has 7 nitrogen and oxygen atoms in total. The van der Waals surface area contributed by atoms with Crippen molar-refractivity contribution in [2.75, 3.05) is 45.2 Å². The van der Waals surface area contributed by atoms with Crippen molar-refractivity contribution in [2.24, 2.45) is 0 Å². The van der Waals surface area contributed by atoms with Crippen LogP contribution in [0.1, 0.15) is 34.3 Å². The van der Waals surface area contributed by atoms with E-state index in [1.807, 2.05) is 26.0 Å². The fourth-order valence-corrected chi connectivity index (χ4v) is 4.68. The number of amides is 1. The molecule has 1 aliphatic rings. The zero-order chi connectivity index (χ0) is 22.6. The van der Waals surface area contributed by atoms with Crippen LogP contribution in [0.3, 0.4) is 0 Å². The minimum Gasteiger partial charge on any atom is -0.492 e. The van der Waals surface area contributed by atoms with Gasteiger partial charge in [0.2, 0.25) is 10.0 Å². The minimum atomic E-state index is -3.63. The van der Waals surface area contributed by atoms with Gasteiger partial charge >= 0.3 is 0 Å². The van der Waals surface area contributed by atoms with Crippen molar-refractivity contribution in [3.05, 3.63) is 53.1 Å². The molecule has 1 N–H and O–H groups in total.